The molecule has 2 unspecified atom stereocenters. The van der Waals surface area contributed by atoms with Crippen molar-refractivity contribution < 1.29 is 9.47 Å². The second-order valence-corrected chi connectivity index (χ2v) is 7.47. The van der Waals surface area contributed by atoms with E-state index in [0.29, 0.717) is 12.1 Å². The van der Waals surface area contributed by atoms with Crippen molar-refractivity contribution in [1.82, 2.24) is 10.6 Å². The summed E-state index contributed by atoms with van der Waals surface area (Å²) in [5, 5.41) is 6.94. The van der Waals surface area contributed by atoms with Gasteiger partial charge < -0.3 is 25.0 Å². The van der Waals surface area contributed by atoms with Crippen LogP contribution in [0.2, 0.25) is 0 Å². The molecule has 6 heteroatoms. The van der Waals surface area contributed by atoms with Crippen molar-refractivity contribution in [2.24, 2.45) is 4.99 Å². The molecule has 2 aliphatic heterocycles. The molecule has 1 aromatic carbocycles. The lowest BCUT2D eigenvalue weighted by Crippen LogP contribution is -2.45. The van der Waals surface area contributed by atoms with Crippen molar-refractivity contribution in [2.45, 2.75) is 44.8 Å². The zero-order valence-electron chi connectivity index (χ0n) is 16.7. The molecular formula is C21H34N4O2. The maximum atomic E-state index is 5.71. The normalized spacial score (nSPS) is 23.0. The third-order valence-electron chi connectivity index (χ3n) is 5.24. The Morgan fingerprint density at radius 2 is 2.15 bits per heavy atom. The van der Waals surface area contributed by atoms with E-state index in [1.54, 1.807) is 0 Å². The van der Waals surface area contributed by atoms with Gasteiger partial charge in [0, 0.05) is 51.6 Å². The van der Waals surface area contributed by atoms with Crippen LogP contribution >= 0.6 is 0 Å². The number of aryl methyl sites for hydroxylation is 1. The molecule has 0 saturated carbocycles. The molecule has 27 heavy (non-hydrogen) atoms. The van der Waals surface area contributed by atoms with Gasteiger partial charge in [-0.1, -0.05) is 17.7 Å². The summed E-state index contributed by atoms with van der Waals surface area (Å²) in [4.78, 5) is 6.79. The molecule has 0 aromatic heterocycles. The summed E-state index contributed by atoms with van der Waals surface area (Å²) in [6, 6.07) is 9.20. The Labute approximate surface area is 163 Å². The quantitative estimate of drug-likeness (QED) is 0.415. The average molecular weight is 375 g/mol. The number of nitrogens with zero attached hydrogens (tertiary/aromatic N) is 2. The molecule has 6 nitrogen and oxygen atoms in total. The van der Waals surface area contributed by atoms with Crippen molar-refractivity contribution in [3.05, 3.63) is 29.8 Å². The van der Waals surface area contributed by atoms with E-state index in [1.807, 2.05) is 7.05 Å². The molecule has 2 heterocycles. The summed E-state index contributed by atoms with van der Waals surface area (Å²) in [7, 11) is 1.83. The van der Waals surface area contributed by atoms with Crippen LogP contribution in [0, 0.1) is 6.92 Å². The number of anilines is 1. The molecule has 150 valence electrons. The Bertz CT molecular complexity index is 584. The number of aliphatic imine (C=N–C) groups is 1. The van der Waals surface area contributed by atoms with Crippen LogP contribution in [-0.2, 0) is 9.47 Å². The van der Waals surface area contributed by atoms with Gasteiger partial charge in [0.2, 0.25) is 0 Å². The summed E-state index contributed by atoms with van der Waals surface area (Å²) in [6.07, 6.45) is 4.70. The predicted octanol–water partition coefficient (Wildman–Crippen LogP) is 2.32. The van der Waals surface area contributed by atoms with E-state index in [1.165, 1.54) is 17.7 Å². The first-order valence-electron chi connectivity index (χ1n) is 10.2. The molecule has 0 amide bonds. The van der Waals surface area contributed by atoms with E-state index in [2.05, 4.69) is 51.7 Å². The minimum absolute atomic E-state index is 0.311. The van der Waals surface area contributed by atoms with E-state index in [9.17, 15) is 0 Å². The zero-order chi connectivity index (χ0) is 18.9. The number of benzene rings is 1. The second kappa shape index (κ2) is 10.5. The fraction of sp³-hybridized carbons (Fsp3) is 0.667. The highest BCUT2D eigenvalue weighted by molar-refractivity contribution is 5.80. The standard InChI is InChI=1S/C21H34N4O2/c1-17-6-8-19(9-7-17)25-12-10-18(15-25)24-21(22-2)23-11-4-13-26-16-20-5-3-14-27-20/h6-9,18,20H,3-5,10-16H2,1-2H3,(H2,22,23,24). The Balaban J connectivity index is 1.30. The van der Waals surface area contributed by atoms with E-state index in [0.717, 1.165) is 64.7 Å². The van der Waals surface area contributed by atoms with Crippen molar-refractivity contribution >= 4 is 11.6 Å². The van der Waals surface area contributed by atoms with E-state index in [-0.39, 0.29) is 0 Å². The van der Waals surface area contributed by atoms with Crippen molar-refractivity contribution in [1.29, 1.82) is 0 Å². The average Bonchev–Trinajstić information content (AvgIpc) is 3.36. The molecule has 0 radical (unpaired) electrons. The molecule has 0 aliphatic carbocycles. The summed E-state index contributed by atoms with van der Waals surface area (Å²) in [6.45, 7) is 7.45. The lowest BCUT2D eigenvalue weighted by molar-refractivity contribution is 0.0168. The maximum absolute atomic E-state index is 5.71. The maximum Gasteiger partial charge on any atom is 0.191 e. The predicted molar refractivity (Wildman–Crippen MR) is 111 cm³/mol. The van der Waals surface area contributed by atoms with Crippen molar-refractivity contribution in [3.63, 3.8) is 0 Å². The lowest BCUT2D eigenvalue weighted by Gasteiger charge is -2.20. The van der Waals surface area contributed by atoms with Crippen molar-refractivity contribution in [3.8, 4) is 0 Å². The number of ether oxygens (including phenoxy) is 2. The molecule has 2 aliphatic rings. The van der Waals surface area contributed by atoms with Crippen LogP contribution in [0.5, 0.6) is 0 Å². The first kappa shape index (κ1) is 20.0. The van der Waals surface area contributed by atoms with Gasteiger partial charge in [-0.15, -0.1) is 0 Å². The lowest BCUT2D eigenvalue weighted by atomic mass is 10.2. The molecule has 2 saturated heterocycles. The number of rotatable bonds is 8. The van der Waals surface area contributed by atoms with E-state index >= 15 is 0 Å². The van der Waals surface area contributed by atoms with Crippen LogP contribution in [0.15, 0.2) is 29.3 Å². The topological polar surface area (TPSA) is 58.1 Å². The third kappa shape index (κ3) is 6.40. The van der Waals surface area contributed by atoms with E-state index < -0.39 is 0 Å². The summed E-state index contributed by atoms with van der Waals surface area (Å²) >= 11 is 0. The Hall–Kier alpha value is -1.79. The SMILES string of the molecule is CN=C(NCCCOCC1CCCO1)NC1CCN(c2ccc(C)cc2)C1. The van der Waals surface area contributed by atoms with Gasteiger partial charge in [0.25, 0.3) is 0 Å². The molecule has 3 rings (SSSR count). The largest absolute Gasteiger partial charge is 0.379 e. The molecule has 0 spiro atoms. The van der Waals surface area contributed by atoms with Gasteiger partial charge in [-0.25, -0.2) is 0 Å². The Morgan fingerprint density at radius 3 is 2.89 bits per heavy atom. The third-order valence-corrected chi connectivity index (χ3v) is 5.24. The molecule has 1 aromatic rings. The first-order valence-corrected chi connectivity index (χ1v) is 10.2. The number of hydrogen-bond donors (Lipinski definition) is 2. The van der Waals surface area contributed by atoms with E-state index in [4.69, 9.17) is 9.47 Å². The van der Waals surface area contributed by atoms with Crippen LogP contribution in [0.1, 0.15) is 31.2 Å². The highest BCUT2D eigenvalue weighted by Crippen LogP contribution is 2.20. The minimum Gasteiger partial charge on any atom is -0.379 e. The number of guanidine groups is 1. The summed E-state index contributed by atoms with van der Waals surface area (Å²) < 4.78 is 11.3. The second-order valence-electron chi connectivity index (χ2n) is 7.47. The van der Waals surface area contributed by atoms with Gasteiger partial charge in [0.05, 0.1) is 12.7 Å². The molecule has 0 bridgehead atoms. The number of nitrogens with one attached hydrogen (secondary N) is 2. The molecule has 2 atom stereocenters. The van der Waals surface area contributed by atoms with Gasteiger partial charge in [0.1, 0.15) is 0 Å². The summed E-state index contributed by atoms with van der Waals surface area (Å²) in [5.74, 6) is 0.880. The van der Waals surface area contributed by atoms with Gasteiger partial charge in [0.15, 0.2) is 5.96 Å². The van der Waals surface area contributed by atoms with Gasteiger partial charge in [-0.3, -0.25) is 4.99 Å². The van der Waals surface area contributed by atoms with Crippen LogP contribution in [0.25, 0.3) is 0 Å². The van der Waals surface area contributed by atoms with Gasteiger partial charge in [-0.2, -0.15) is 0 Å². The minimum atomic E-state index is 0.311. The molecule has 2 fully saturated rings. The highest BCUT2D eigenvalue weighted by Gasteiger charge is 2.23. The van der Waals surface area contributed by atoms with Crippen LogP contribution in [0.3, 0.4) is 0 Å². The van der Waals surface area contributed by atoms with Gasteiger partial charge in [-0.05, 0) is 44.7 Å². The van der Waals surface area contributed by atoms with Gasteiger partial charge >= 0.3 is 0 Å². The number of hydrogen-bond acceptors (Lipinski definition) is 4. The Kier molecular flexibility index (Phi) is 7.78. The highest BCUT2D eigenvalue weighted by atomic mass is 16.5. The molecule has 2 N–H and O–H groups in total. The smallest absolute Gasteiger partial charge is 0.191 e. The zero-order valence-corrected chi connectivity index (χ0v) is 16.7. The Morgan fingerprint density at radius 1 is 1.30 bits per heavy atom. The fourth-order valence-electron chi connectivity index (χ4n) is 3.63. The fourth-order valence-corrected chi connectivity index (χ4v) is 3.63. The summed E-state index contributed by atoms with van der Waals surface area (Å²) in [5.41, 5.74) is 2.60. The molecular weight excluding hydrogens is 340 g/mol. The van der Waals surface area contributed by atoms with Crippen LogP contribution in [0.4, 0.5) is 5.69 Å². The van der Waals surface area contributed by atoms with Crippen LogP contribution in [-0.4, -0.2) is 64.6 Å². The van der Waals surface area contributed by atoms with Crippen LogP contribution < -0.4 is 15.5 Å². The monoisotopic (exact) mass is 374 g/mol. The van der Waals surface area contributed by atoms with Crippen molar-refractivity contribution in [2.75, 3.05) is 51.4 Å². The first-order chi connectivity index (χ1) is 13.2.